The molecular weight excluding hydrogens is 546 g/mol. The zero-order valence-corrected chi connectivity index (χ0v) is 27.0. The average Bonchev–Trinajstić information content (AvgIpc) is 3.32. The van der Waals surface area contributed by atoms with Gasteiger partial charge in [0, 0.05) is 30.2 Å². The van der Waals surface area contributed by atoms with Gasteiger partial charge in [0.1, 0.15) is 23.4 Å². The second-order valence-corrected chi connectivity index (χ2v) is 15.1. The zero-order valence-electron chi connectivity index (χ0n) is 27.0. The van der Waals surface area contributed by atoms with E-state index in [1.807, 2.05) is 32.3 Å². The molecule has 1 saturated heterocycles. The smallest absolute Gasteiger partial charge is 0.338 e. The predicted octanol–water partition coefficient (Wildman–Crippen LogP) is 5.14. The summed E-state index contributed by atoms with van der Waals surface area (Å²) in [5.41, 5.74) is -1.14. The van der Waals surface area contributed by atoms with E-state index in [1.165, 1.54) is 12.5 Å². The van der Waals surface area contributed by atoms with Gasteiger partial charge in [-0.3, -0.25) is 4.79 Å². The van der Waals surface area contributed by atoms with Crippen molar-refractivity contribution < 1.29 is 33.6 Å². The highest BCUT2D eigenvalue weighted by Crippen LogP contribution is 2.69. The third-order valence-corrected chi connectivity index (χ3v) is 12.1. The standard InChI is InChI=1S/C35H49NO7/c1-20-18-35(39)30(42-31(38)23-12-10-9-11-13-23)28-33(6,16-14-24-15-17-34(24,28)43-22(3)37)29-27(26(21(20)2)32(35,4)5)40-25(41-29)19-36(7)8/h9-13,20,24-25,27-30,39H,14-19H2,1-8H3/t20-,24-,25+,27+,28-,29+,30-,33+,34-,35+/m0/s1. The van der Waals surface area contributed by atoms with E-state index >= 15 is 0 Å². The molecule has 6 rings (SSSR count). The lowest BCUT2D eigenvalue weighted by molar-refractivity contribution is -0.296. The number of carbonyl (C=O) groups is 2. The Morgan fingerprint density at radius 3 is 2.35 bits per heavy atom. The van der Waals surface area contributed by atoms with E-state index in [9.17, 15) is 14.7 Å². The number of rotatable bonds is 5. The zero-order chi connectivity index (χ0) is 31.1. The van der Waals surface area contributed by atoms with E-state index in [0.717, 1.165) is 24.8 Å². The lowest BCUT2D eigenvalue weighted by atomic mass is 9.41. The van der Waals surface area contributed by atoms with Crippen LogP contribution in [0.2, 0.25) is 0 Å². The van der Waals surface area contributed by atoms with Crippen molar-refractivity contribution in [3.8, 4) is 0 Å². The number of nitrogens with zero attached hydrogens (tertiary/aromatic N) is 1. The van der Waals surface area contributed by atoms with Crippen LogP contribution in [0.4, 0.5) is 0 Å². The Hall–Kier alpha value is -2.26. The molecule has 1 heterocycles. The van der Waals surface area contributed by atoms with E-state index in [4.69, 9.17) is 18.9 Å². The monoisotopic (exact) mass is 595 g/mol. The van der Waals surface area contributed by atoms with Crippen LogP contribution in [-0.4, -0.2) is 78.4 Å². The third kappa shape index (κ3) is 4.45. The highest BCUT2D eigenvalue weighted by atomic mass is 16.7. The van der Waals surface area contributed by atoms with Crippen molar-refractivity contribution in [2.24, 2.45) is 28.6 Å². The Morgan fingerprint density at radius 2 is 1.74 bits per heavy atom. The molecule has 10 atom stereocenters. The molecule has 0 aromatic heterocycles. The van der Waals surface area contributed by atoms with Crippen LogP contribution >= 0.6 is 0 Å². The van der Waals surface area contributed by atoms with Crippen molar-refractivity contribution in [1.82, 2.24) is 4.90 Å². The summed E-state index contributed by atoms with van der Waals surface area (Å²) in [4.78, 5) is 28.9. The summed E-state index contributed by atoms with van der Waals surface area (Å²) < 4.78 is 26.8. The first kappa shape index (κ1) is 30.8. The van der Waals surface area contributed by atoms with Gasteiger partial charge in [0.25, 0.3) is 0 Å². The summed E-state index contributed by atoms with van der Waals surface area (Å²) >= 11 is 0. The van der Waals surface area contributed by atoms with Crippen molar-refractivity contribution in [1.29, 1.82) is 0 Å². The molecule has 1 aromatic rings. The number of likely N-dealkylation sites (N-methyl/N-ethyl adjacent to an activating group) is 1. The Balaban J connectivity index is 1.60. The highest BCUT2D eigenvalue weighted by molar-refractivity contribution is 5.89. The molecular formula is C35H49NO7. The van der Waals surface area contributed by atoms with Gasteiger partial charge in [-0.15, -0.1) is 0 Å². The quantitative estimate of drug-likeness (QED) is 0.370. The molecule has 1 N–H and O–H groups in total. The molecule has 8 heteroatoms. The van der Waals surface area contributed by atoms with Crippen LogP contribution in [0.25, 0.3) is 0 Å². The summed E-state index contributed by atoms with van der Waals surface area (Å²) in [7, 11) is 4.00. The molecule has 5 aliphatic rings. The van der Waals surface area contributed by atoms with E-state index in [0.29, 0.717) is 24.9 Å². The van der Waals surface area contributed by atoms with Crippen LogP contribution in [0, 0.1) is 28.6 Å². The number of aliphatic hydroxyl groups is 1. The first-order valence-corrected chi connectivity index (χ1v) is 16.0. The second-order valence-electron chi connectivity index (χ2n) is 15.1. The van der Waals surface area contributed by atoms with Gasteiger partial charge in [-0.05, 0) is 82.7 Å². The summed E-state index contributed by atoms with van der Waals surface area (Å²) in [6, 6.07) is 8.96. The molecule has 0 amide bonds. The van der Waals surface area contributed by atoms with Crippen molar-refractivity contribution in [2.45, 2.75) is 109 Å². The Morgan fingerprint density at radius 1 is 1.07 bits per heavy atom. The number of hydrogen-bond donors (Lipinski definition) is 1. The van der Waals surface area contributed by atoms with Gasteiger partial charge in [-0.1, -0.05) is 51.5 Å². The first-order valence-electron chi connectivity index (χ1n) is 16.0. The van der Waals surface area contributed by atoms with Gasteiger partial charge in [0.2, 0.25) is 0 Å². The van der Waals surface area contributed by atoms with Crippen molar-refractivity contribution >= 4 is 11.9 Å². The lowest BCUT2D eigenvalue weighted by Crippen LogP contribution is -2.76. The molecule has 2 bridgehead atoms. The maximum atomic E-state index is 14.0. The third-order valence-electron chi connectivity index (χ3n) is 12.1. The molecule has 236 valence electrons. The number of hydrogen-bond acceptors (Lipinski definition) is 8. The number of allylic oxidation sites excluding steroid dienone is 1. The fourth-order valence-electron chi connectivity index (χ4n) is 9.74. The minimum Gasteiger partial charge on any atom is -0.458 e. The second kappa shape index (κ2) is 10.4. The number of ether oxygens (including phenoxy) is 4. The number of benzene rings is 1. The maximum absolute atomic E-state index is 14.0. The molecule has 1 aromatic carbocycles. The van der Waals surface area contributed by atoms with Crippen molar-refractivity contribution in [2.75, 3.05) is 20.6 Å². The van der Waals surface area contributed by atoms with E-state index in [2.05, 4.69) is 39.5 Å². The number of esters is 2. The Bertz CT molecular complexity index is 1310. The van der Waals surface area contributed by atoms with Gasteiger partial charge >= 0.3 is 11.9 Å². The summed E-state index contributed by atoms with van der Waals surface area (Å²) in [6.45, 7) is 12.6. The maximum Gasteiger partial charge on any atom is 0.338 e. The van der Waals surface area contributed by atoms with Crippen LogP contribution in [0.5, 0.6) is 0 Å². The fourth-order valence-corrected chi connectivity index (χ4v) is 9.74. The van der Waals surface area contributed by atoms with Crippen molar-refractivity contribution in [3.63, 3.8) is 0 Å². The van der Waals surface area contributed by atoms with E-state index in [-0.39, 0.29) is 23.9 Å². The minimum absolute atomic E-state index is 0.0120. The molecule has 0 unspecified atom stereocenters. The Kier molecular flexibility index (Phi) is 7.44. The first-order chi connectivity index (χ1) is 20.2. The molecule has 3 saturated carbocycles. The molecule has 4 fully saturated rings. The van der Waals surface area contributed by atoms with Crippen LogP contribution in [0.3, 0.4) is 0 Å². The van der Waals surface area contributed by atoms with E-state index in [1.54, 1.807) is 12.1 Å². The number of fused-ring (bicyclic) bond motifs is 8. The van der Waals surface area contributed by atoms with Gasteiger partial charge in [-0.2, -0.15) is 0 Å². The highest BCUT2D eigenvalue weighted by Gasteiger charge is 2.75. The van der Waals surface area contributed by atoms with Gasteiger partial charge in [0.15, 0.2) is 6.29 Å². The minimum atomic E-state index is -1.46. The molecule has 0 radical (unpaired) electrons. The van der Waals surface area contributed by atoms with Gasteiger partial charge < -0.3 is 29.0 Å². The van der Waals surface area contributed by atoms with Gasteiger partial charge in [0.05, 0.1) is 11.7 Å². The van der Waals surface area contributed by atoms with Crippen LogP contribution in [-0.2, 0) is 23.7 Å². The SMILES string of the molecule is CC(=O)O[C@@]12CC[C@@H]1CC[C@@]1(C)[C@@H]3O[C@H](CN(C)C)O[C@@H]3C3=C(C)[C@@H](C)C[C@@](O)([C@@H](OC(=O)c4ccccc4)[C@@H]12)C3(C)C. The molecule has 8 nitrogen and oxygen atoms in total. The summed E-state index contributed by atoms with van der Waals surface area (Å²) in [6.07, 6.45) is 1.45. The molecule has 0 spiro atoms. The summed E-state index contributed by atoms with van der Waals surface area (Å²) in [5, 5.41) is 13.3. The largest absolute Gasteiger partial charge is 0.458 e. The van der Waals surface area contributed by atoms with Crippen LogP contribution in [0.1, 0.15) is 84.0 Å². The van der Waals surface area contributed by atoms with Crippen molar-refractivity contribution in [3.05, 3.63) is 47.0 Å². The fraction of sp³-hybridized carbons (Fsp3) is 0.714. The molecule has 43 heavy (non-hydrogen) atoms. The van der Waals surface area contributed by atoms with E-state index < -0.39 is 52.4 Å². The normalized spacial score (nSPS) is 43.0. The van der Waals surface area contributed by atoms with Crippen LogP contribution < -0.4 is 0 Å². The summed E-state index contributed by atoms with van der Waals surface area (Å²) in [5.74, 6) is -1.21. The lowest BCUT2D eigenvalue weighted by Gasteiger charge is -2.68. The number of carbonyl (C=O) groups excluding carboxylic acids is 2. The predicted molar refractivity (Wildman–Crippen MR) is 161 cm³/mol. The van der Waals surface area contributed by atoms with Crippen LogP contribution in [0.15, 0.2) is 41.5 Å². The topological polar surface area (TPSA) is 94.5 Å². The molecule has 4 aliphatic carbocycles. The molecule has 1 aliphatic heterocycles. The average molecular weight is 596 g/mol. The van der Waals surface area contributed by atoms with Gasteiger partial charge in [-0.25, -0.2) is 4.79 Å². The Labute approximate surface area is 256 Å².